The van der Waals surface area contributed by atoms with Crippen LogP contribution in [0, 0.1) is 0 Å². The number of halogens is 2. The van der Waals surface area contributed by atoms with Crippen molar-refractivity contribution in [1.82, 2.24) is 19.4 Å². The molecule has 20 heteroatoms. The van der Waals surface area contributed by atoms with Crippen LogP contribution in [0.5, 0.6) is 34.5 Å². The number of phenolic OH excluding ortho intramolecular Hbond substituents is 2. The van der Waals surface area contributed by atoms with Gasteiger partial charge in [0.25, 0.3) is 0 Å². The van der Waals surface area contributed by atoms with E-state index in [1.54, 1.807) is 47.9 Å². The molecule has 6 aromatic carbocycles. The number of rotatable bonds is 0. The lowest BCUT2D eigenvalue weighted by Crippen LogP contribution is -2.30. The summed E-state index contributed by atoms with van der Waals surface area (Å²) in [6, 6.07) is 37.2. The first-order valence-corrected chi connectivity index (χ1v) is 26.3. The van der Waals surface area contributed by atoms with E-state index in [-0.39, 0.29) is 11.5 Å². The van der Waals surface area contributed by atoms with Crippen molar-refractivity contribution < 1.29 is 28.3 Å². The molecule has 0 radical (unpaired) electrons. The summed E-state index contributed by atoms with van der Waals surface area (Å²) in [5.41, 5.74) is 5.00. The topological polar surface area (TPSA) is 154 Å². The van der Waals surface area contributed by atoms with E-state index in [1.807, 2.05) is 111 Å². The number of fused-ring (bicyclic) bond motifs is 10. The summed E-state index contributed by atoms with van der Waals surface area (Å²) in [5, 5.41) is 34.4. The van der Waals surface area contributed by atoms with Gasteiger partial charge in [-0.2, -0.15) is 14.7 Å². The Balaban J connectivity index is 1.25. The molecule has 0 fully saturated rings. The first-order chi connectivity index (χ1) is 31.8. The van der Waals surface area contributed by atoms with Crippen LogP contribution < -0.4 is 18.1 Å². The minimum absolute atomic E-state index is 0.0109. The third-order valence-corrected chi connectivity index (χ3v) is 20.8. The van der Waals surface area contributed by atoms with Gasteiger partial charge < -0.3 is 33.9 Å². The van der Waals surface area contributed by atoms with Crippen molar-refractivity contribution >= 4 is 58.8 Å². The van der Waals surface area contributed by atoms with E-state index in [1.165, 1.54) is 12.4 Å². The van der Waals surface area contributed by atoms with Gasteiger partial charge in [-0.05, 0) is 62.6 Å². The predicted molar refractivity (Wildman–Crippen MR) is 265 cm³/mol. The van der Waals surface area contributed by atoms with E-state index >= 15 is 0 Å². The minimum Gasteiger partial charge on any atom is -0.507 e. The van der Waals surface area contributed by atoms with Crippen LogP contribution >= 0.6 is 46.4 Å². The second-order valence-corrected chi connectivity index (χ2v) is 24.0. The molecular weight excluding hydrogens is 938 g/mol. The van der Waals surface area contributed by atoms with E-state index < -0.39 is 23.2 Å². The van der Waals surface area contributed by atoms with Crippen LogP contribution in [0.4, 0.5) is 0 Å². The third kappa shape index (κ3) is 8.40. The number of likely N-dealkylation sites (N-methyl/N-ethyl adjacent to an activating group) is 2. The summed E-state index contributed by atoms with van der Waals surface area (Å²) in [7, 11) is -4.69. The van der Waals surface area contributed by atoms with Crippen molar-refractivity contribution in [2.24, 2.45) is 19.2 Å². The number of nitrogens with zero attached hydrogens (tertiary/aromatic N) is 9. The summed E-state index contributed by atoms with van der Waals surface area (Å²) in [4.78, 5) is 9.69. The highest BCUT2D eigenvalue weighted by Gasteiger charge is 2.56. The maximum Gasteiger partial charge on any atom is 0.486 e. The van der Waals surface area contributed by atoms with Gasteiger partial charge in [0, 0.05) is 99.3 Å². The van der Waals surface area contributed by atoms with Crippen LogP contribution in [-0.2, 0) is 13.1 Å². The van der Waals surface area contributed by atoms with Crippen molar-refractivity contribution in [3.05, 3.63) is 158 Å². The summed E-state index contributed by atoms with van der Waals surface area (Å²) < 4.78 is 42.3. The molecule has 0 unspecified atom stereocenters. The molecule has 4 heterocycles. The Hall–Kier alpha value is -5.59. The average Bonchev–Trinajstić information content (AvgIpc) is 3.51. The lowest BCUT2D eigenvalue weighted by molar-refractivity contribution is 0.243. The Morgan fingerprint density at radius 2 is 0.970 bits per heavy atom. The highest BCUT2D eigenvalue weighted by molar-refractivity contribution is 7.92. The summed E-state index contributed by atoms with van der Waals surface area (Å²) in [6.45, 7) is 2.06. The first kappa shape index (κ1) is 44.3. The van der Waals surface area contributed by atoms with E-state index in [0.29, 0.717) is 81.5 Å². The molecule has 15 nitrogen and oxygen atoms in total. The molecule has 0 atom stereocenters. The number of hydrogen-bond donors (Lipinski definition) is 2. The maximum absolute atomic E-state index is 11.8. The van der Waals surface area contributed by atoms with Gasteiger partial charge in [-0.1, -0.05) is 96.0 Å². The highest BCUT2D eigenvalue weighted by Crippen LogP contribution is 2.90. The maximum atomic E-state index is 11.8. The molecule has 6 aromatic rings. The Bertz CT molecular complexity index is 2900. The van der Waals surface area contributed by atoms with E-state index in [4.69, 9.17) is 65.4 Å². The molecule has 0 saturated heterocycles. The predicted octanol–water partition coefficient (Wildman–Crippen LogP) is 12.7. The highest BCUT2D eigenvalue weighted by atomic mass is 35.5. The molecule has 3 spiro atoms. The lowest BCUT2D eigenvalue weighted by atomic mass is 10.0. The van der Waals surface area contributed by atoms with Crippen molar-refractivity contribution in [2.45, 2.75) is 13.1 Å². The molecule has 66 heavy (non-hydrogen) atoms. The fraction of sp³-hybridized carbons (Fsp3) is 0.174. The molecule has 4 aliphatic heterocycles. The SMILES string of the molecule is CN1CCN(C)Cc2cc(Cl)cc(c2O)/C=N\N(C)P2(=NP3(=N[P+]4([N-]2)Oc2ccccc2-c2ccccc2O4)Oc2ccccc2-c2ccccc2O3)N(C)/N=C\c2cc(Cl)cc(c2O)C1. The molecule has 0 aliphatic carbocycles. The summed E-state index contributed by atoms with van der Waals surface area (Å²) in [5.74, 6) is 1.89. The zero-order valence-corrected chi connectivity index (χ0v) is 40.4. The largest absolute Gasteiger partial charge is 0.507 e. The smallest absolute Gasteiger partial charge is 0.486 e. The van der Waals surface area contributed by atoms with Gasteiger partial charge >= 0.3 is 15.7 Å². The first-order valence-electron chi connectivity index (χ1n) is 20.8. The number of benzene rings is 6. The van der Waals surface area contributed by atoms with Gasteiger partial charge in [-0.25, -0.2) is 0 Å². The Labute approximate surface area is 393 Å². The van der Waals surface area contributed by atoms with Crippen LogP contribution in [0.15, 0.2) is 141 Å². The van der Waals surface area contributed by atoms with Crippen LogP contribution in [0.2, 0.25) is 10.0 Å². The minimum atomic E-state index is -4.04. The molecule has 10 rings (SSSR count). The quantitative estimate of drug-likeness (QED) is 0.141. The molecule has 0 amide bonds. The second kappa shape index (κ2) is 17.6. The monoisotopic (exact) mass is 981 g/mol. The van der Waals surface area contributed by atoms with E-state index in [2.05, 4.69) is 9.80 Å². The van der Waals surface area contributed by atoms with Crippen LogP contribution in [0.1, 0.15) is 22.3 Å². The second-order valence-electron chi connectivity index (χ2n) is 16.1. The number of hydrazone groups is 2. The molecule has 338 valence electrons. The molecular formula is C46H44Cl2N9O6P3. The molecule has 2 N–H and O–H groups in total. The van der Waals surface area contributed by atoms with Crippen molar-refractivity contribution in [1.29, 1.82) is 0 Å². The fourth-order valence-electron chi connectivity index (χ4n) is 8.00. The molecule has 0 saturated carbocycles. The zero-order chi connectivity index (χ0) is 45.8. The number of aromatic hydroxyl groups is 2. The molecule has 4 bridgehead atoms. The van der Waals surface area contributed by atoms with Crippen molar-refractivity contribution in [2.75, 3.05) is 41.3 Å². The number of hydrogen-bond acceptors (Lipinski definition) is 14. The molecule has 0 aromatic heterocycles. The normalized spacial score (nSPS) is 19.4. The van der Waals surface area contributed by atoms with E-state index in [0.717, 1.165) is 22.3 Å². The van der Waals surface area contributed by atoms with Crippen LogP contribution in [0.25, 0.3) is 27.1 Å². The Morgan fingerprint density at radius 1 is 0.576 bits per heavy atom. The van der Waals surface area contributed by atoms with Gasteiger partial charge in [0.2, 0.25) is 0 Å². The zero-order valence-electron chi connectivity index (χ0n) is 36.2. The lowest BCUT2D eigenvalue weighted by Gasteiger charge is -2.48. The molecule has 4 aliphatic rings. The van der Waals surface area contributed by atoms with Gasteiger partial charge in [-0.15, -0.1) is 0 Å². The van der Waals surface area contributed by atoms with Crippen molar-refractivity contribution in [3.63, 3.8) is 0 Å². The van der Waals surface area contributed by atoms with Gasteiger partial charge in [0.1, 0.15) is 30.5 Å². The van der Waals surface area contributed by atoms with Crippen LogP contribution in [-0.4, -0.2) is 83.3 Å². The van der Waals surface area contributed by atoms with Gasteiger partial charge in [-0.3, -0.25) is 18.6 Å². The van der Waals surface area contributed by atoms with Gasteiger partial charge in [0.05, 0.1) is 12.4 Å². The fourth-order valence-corrected chi connectivity index (χ4v) is 19.0. The Morgan fingerprint density at radius 3 is 1.41 bits per heavy atom. The number of phenols is 2. The van der Waals surface area contributed by atoms with Gasteiger partial charge in [0.15, 0.2) is 11.5 Å². The standard InChI is InChI=1S/C46H44Cl2N9O6P3/c1-54-21-22-55(2)30-34-26-36(48)24-32(46(34)59)28-50-57(4)64(56(3)49-27-31-23-35(47)25-33(29-54)45(31)58)51-65(60-41-17-9-5-13-37(41)38-14-6-10-18-42(38)61-65)53-66(52-64)62-43-19-11-7-15-39(43)40-16-8-12-20-44(40)63-66/h5-20,23-28,58-59H,21-22,29-30H2,1-4H3/b49-27-,50-28-. The van der Waals surface area contributed by atoms with E-state index in [9.17, 15) is 10.2 Å². The van der Waals surface area contributed by atoms with Crippen LogP contribution in [0.3, 0.4) is 0 Å². The summed E-state index contributed by atoms with van der Waals surface area (Å²) in [6.07, 6.45) is 3.01. The number of para-hydroxylation sites is 4. The summed E-state index contributed by atoms with van der Waals surface area (Å²) >= 11 is 13.5. The Kier molecular flexibility index (Phi) is 11.8. The third-order valence-electron chi connectivity index (χ3n) is 11.3. The average molecular weight is 983 g/mol. The van der Waals surface area contributed by atoms with Crippen molar-refractivity contribution in [3.8, 4) is 56.8 Å².